The summed E-state index contributed by atoms with van der Waals surface area (Å²) < 4.78 is 14.9. The molecule has 3 rings (SSSR count). The molecule has 2 heterocycles. The Bertz CT molecular complexity index is 801. The summed E-state index contributed by atoms with van der Waals surface area (Å²) in [5.41, 5.74) is 0.107. The topological polar surface area (TPSA) is 62.2 Å². The van der Waals surface area contributed by atoms with Gasteiger partial charge in [0.25, 0.3) is 0 Å². The van der Waals surface area contributed by atoms with Crippen molar-refractivity contribution in [1.29, 1.82) is 0 Å². The van der Waals surface area contributed by atoms with Gasteiger partial charge in [-0.25, -0.2) is 14.2 Å². The number of carboxylic acids is 1. The minimum atomic E-state index is -1.16. The minimum absolute atomic E-state index is 0.0882. The SMILES string of the molecule is O=C(O)c1ccc(Nc2nccc3sccc23)c(F)c1. The molecule has 3 aromatic rings. The van der Waals surface area contributed by atoms with Gasteiger partial charge in [0.1, 0.15) is 11.6 Å². The number of rotatable bonds is 3. The van der Waals surface area contributed by atoms with Crippen molar-refractivity contribution in [3.63, 3.8) is 0 Å². The zero-order valence-corrected chi connectivity index (χ0v) is 10.9. The lowest BCUT2D eigenvalue weighted by molar-refractivity contribution is 0.0696. The second-order valence-electron chi connectivity index (χ2n) is 4.12. The van der Waals surface area contributed by atoms with Crippen LogP contribution >= 0.6 is 11.3 Å². The van der Waals surface area contributed by atoms with Crippen LogP contribution in [0.5, 0.6) is 0 Å². The van der Waals surface area contributed by atoms with Gasteiger partial charge < -0.3 is 10.4 Å². The highest BCUT2D eigenvalue weighted by Gasteiger charge is 2.10. The molecule has 6 heteroatoms. The predicted octanol–water partition coefficient (Wildman–Crippen LogP) is 3.88. The molecule has 4 nitrogen and oxygen atoms in total. The third-order valence-electron chi connectivity index (χ3n) is 2.85. The molecule has 0 spiro atoms. The van der Waals surface area contributed by atoms with Crippen molar-refractivity contribution in [1.82, 2.24) is 4.98 Å². The molecule has 0 fully saturated rings. The Morgan fingerprint density at radius 2 is 2.15 bits per heavy atom. The van der Waals surface area contributed by atoms with E-state index in [1.54, 1.807) is 17.5 Å². The number of anilines is 2. The van der Waals surface area contributed by atoms with E-state index < -0.39 is 11.8 Å². The number of benzene rings is 1. The number of thiophene rings is 1. The molecule has 20 heavy (non-hydrogen) atoms. The van der Waals surface area contributed by atoms with Gasteiger partial charge in [-0.2, -0.15) is 0 Å². The summed E-state index contributed by atoms with van der Waals surface area (Å²) in [4.78, 5) is 15.0. The Balaban J connectivity index is 1.99. The Kier molecular flexibility index (Phi) is 3.08. The molecular weight excluding hydrogens is 279 g/mol. The third kappa shape index (κ3) is 2.21. The Hall–Kier alpha value is -2.47. The largest absolute Gasteiger partial charge is 0.478 e. The van der Waals surface area contributed by atoms with E-state index in [2.05, 4.69) is 10.3 Å². The molecule has 0 saturated carbocycles. The fraction of sp³-hybridized carbons (Fsp3) is 0. The molecule has 100 valence electrons. The van der Waals surface area contributed by atoms with Crippen LogP contribution in [0.1, 0.15) is 10.4 Å². The molecule has 0 radical (unpaired) electrons. The van der Waals surface area contributed by atoms with E-state index in [0.29, 0.717) is 5.82 Å². The molecule has 0 bridgehead atoms. The van der Waals surface area contributed by atoms with Gasteiger partial charge in [-0.15, -0.1) is 11.3 Å². The van der Waals surface area contributed by atoms with Crippen molar-refractivity contribution in [3.8, 4) is 0 Å². The van der Waals surface area contributed by atoms with Gasteiger partial charge in [0.2, 0.25) is 0 Å². The molecule has 0 saturated heterocycles. The smallest absolute Gasteiger partial charge is 0.335 e. The third-order valence-corrected chi connectivity index (χ3v) is 3.73. The second kappa shape index (κ2) is 4.90. The second-order valence-corrected chi connectivity index (χ2v) is 5.06. The summed E-state index contributed by atoms with van der Waals surface area (Å²) in [5, 5.41) is 14.5. The average Bonchev–Trinajstić information content (AvgIpc) is 2.90. The average molecular weight is 288 g/mol. The first-order chi connectivity index (χ1) is 9.65. The molecule has 0 aliphatic heterocycles. The molecule has 0 aliphatic carbocycles. The summed E-state index contributed by atoms with van der Waals surface area (Å²) in [5.74, 6) is -1.24. The number of carboxylic acid groups (broad SMARTS) is 1. The Morgan fingerprint density at radius 1 is 1.30 bits per heavy atom. The summed E-state index contributed by atoms with van der Waals surface area (Å²) >= 11 is 1.57. The number of pyridine rings is 1. The molecule has 0 unspecified atom stereocenters. The summed E-state index contributed by atoms with van der Waals surface area (Å²) in [7, 11) is 0. The zero-order valence-electron chi connectivity index (χ0n) is 10.1. The number of fused-ring (bicyclic) bond motifs is 1. The maximum absolute atomic E-state index is 13.9. The molecule has 1 aromatic carbocycles. The molecule has 2 aromatic heterocycles. The van der Waals surface area contributed by atoms with Gasteiger partial charge in [-0.3, -0.25) is 0 Å². The lowest BCUT2D eigenvalue weighted by Crippen LogP contribution is -2.00. The quantitative estimate of drug-likeness (QED) is 0.767. The van der Waals surface area contributed by atoms with Crippen molar-refractivity contribution < 1.29 is 14.3 Å². The van der Waals surface area contributed by atoms with Crippen LogP contribution in [-0.2, 0) is 0 Å². The van der Waals surface area contributed by atoms with Gasteiger partial charge >= 0.3 is 5.97 Å². The maximum atomic E-state index is 13.9. The molecule has 0 amide bonds. The maximum Gasteiger partial charge on any atom is 0.335 e. The molecular formula is C14H9FN2O2S. The number of halogens is 1. The highest BCUT2D eigenvalue weighted by Crippen LogP contribution is 2.29. The molecule has 0 aliphatic rings. The highest BCUT2D eigenvalue weighted by molar-refractivity contribution is 7.17. The van der Waals surface area contributed by atoms with E-state index in [1.807, 2.05) is 17.5 Å². The van der Waals surface area contributed by atoms with Gasteiger partial charge in [0.15, 0.2) is 0 Å². The number of nitrogens with zero attached hydrogens (tertiary/aromatic N) is 1. The fourth-order valence-electron chi connectivity index (χ4n) is 1.87. The minimum Gasteiger partial charge on any atom is -0.478 e. The van der Waals surface area contributed by atoms with E-state index in [1.165, 1.54) is 12.1 Å². The van der Waals surface area contributed by atoms with Crippen molar-refractivity contribution in [2.24, 2.45) is 0 Å². The fourth-order valence-corrected chi connectivity index (χ4v) is 2.65. The van der Waals surface area contributed by atoms with E-state index in [-0.39, 0.29) is 11.3 Å². The lowest BCUT2D eigenvalue weighted by atomic mass is 10.2. The van der Waals surface area contributed by atoms with Gasteiger partial charge in [0, 0.05) is 16.3 Å². The molecule has 0 atom stereocenters. The van der Waals surface area contributed by atoms with Crippen molar-refractivity contribution in [2.75, 3.05) is 5.32 Å². The normalized spacial score (nSPS) is 10.7. The Morgan fingerprint density at radius 3 is 2.90 bits per heavy atom. The molecule has 2 N–H and O–H groups in total. The van der Waals surface area contributed by atoms with Gasteiger partial charge in [-0.05, 0) is 35.7 Å². The van der Waals surface area contributed by atoms with E-state index in [0.717, 1.165) is 16.2 Å². The van der Waals surface area contributed by atoms with Crippen LogP contribution in [0.4, 0.5) is 15.9 Å². The van der Waals surface area contributed by atoms with Gasteiger partial charge in [-0.1, -0.05) is 0 Å². The highest BCUT2D eigenvalue weighted by atomic mass is 32.1. The number of nitrogens with one attached hydrogen (secondary N) is 1. The number of hydrogen-bond donors (Lipinski definition) is 2. The van der Waals surface area contributed by atoms with Gasteiger partial charge in [0.05, 0.1) is 11.3 Å². The van der Waals surface area contributed by atoms with Crippen molar-refractivity contribution in [2.45, 2.75) is 0 Å². The van der Waals surface area contributed by atoms with E-state index >= 15 is 0 Å². The zero-order chi connectivity index (χ0) is 14.1. The van der Waals surface area contributed by atoms with Crippen molar-refractivity contribution >= 4 is 38.9 Å². The van der Waals surface area contributed by atoms with Crippen LogP contribution in [0.2, 0.25) is 0 Å². The predicted molar refractivity (Wildman–Crippen MR) is 76.3 cm³/mol. The monoisotopic (exact) mass is 288 g/mol. The van der Waals surface area contributed by atoms with Crippen LogP contribution in [-0.4, -0.2) is 16.1 Å². The van der Waals surface area contributed by atoms with E-state index in [9.17, 15) is 9.18 Å². The summed E-state index contributed by atoms with van der Waals surface area (Å²) in [6, 6.07) is 7.51. The first-order valence-electron chi connectivity index (χ1n) is 5.77. The van der Waals surface area contributed by atoms with Crippen LogP contribution < -0.4 is 5.32 Å². The van der Waals surface area contributed by atoms with E-state index in [4.69, 9.17) is 5.11 Å². The summed E-state index contributed by atoms with van der Waals surface area (Å²) in [6.07, 6.45) is 1.64. The number of hydrogen-bond acceptors (Lipinski definition) is 4. The van der Waals surface area contributed by atoms with Crippen LogP contribution in [0, 0.1) is 5.82 Å². The number of aromatic nitrogens is 1. The number of aromatic carboxylic acids is 1. The first-order valence-corrected chi connectivity index (χ1v) is 6.65. The van der Waals surface area contributed by atoms with Crippen LogP contribution in [0.3, 0.4) is 0 Å². The van der Waals surface area contributed by atoms with Crippen molar-refractivity contribution in [3.05, 3.63) is 53.3 Å². The lowest BCUT2D eigenvalue weighted by Gasteiger charge is -2.08. The number of carbonyl (C=O) groups is 1. The van der Waals surface area contributed by atoms with Crippen LogP contribution in [0.15, 0.2) is 41.9 Å². The first kappa shape index (κ1) is 12.6. The van der Waals surface area contributed by atoms with Crippen LogP contribution in [0.25, 0.3) is 10.1 Å². The summed E-state index contributed by atoms with van der Waals surface area (Å²) in [6.45, 7) is 0. The Labute approximate surface area is 117 Å². The standard InChI is InChI=1S/C14H9FN2O2S/c15-10-7-8(14(18)19)1-2-11(10)17-13-9-4-6-20-12(9)3-5-16-13/h1-7H,(H,16,17)(H,18,19).